The van der Waals surface area contributed by atoms with Gasteiger partial charge in [0, 0.05) is 18.2 Å². The quantitative estimate of drug-likeness (QED) is 0.607. The summed E-state index contributed by atoms with van der Waals surface area (Å²) < 4.78 is 21.0. The molecule has 1 fully saturated rings. The molecular formula is C21H25N5O5. The van der Waals surface area contributed by atoms with Crippen molar-refractivity contribution in [1.29, 1.82) is 0 Å². The first-order valence-corrected chi connectivity index (χ1v) is 10.1. The highest BCUT2D eigenvalue weighted by molar-refractivity contribution is 5.91. The van der Waals surface area contributed by atoms with Crippen LogP contribution in [0.25, 0.3) is 11.4 Å². The second kappa shape index (κ2) is 9.17. The van der Waals surface area contributed by atoms with E-state index >= 15 is 0 Å². The fourth-order valence-corrected chi connectivity index (χ4v) is 3.67. The molecule has 1 N–H and O–H groups in total. The molecule has 1 aliphatic rings. The van der Waals surface area contributed by atoms with Crippen molar-refractivity contribution in [3.05, 3.63) is 35.9 Å². The number of anilines is 1. The summed E-state index contributed by atoms with van der Waals surface area (Å²) in [6.45, 7) is 3.73. The Kier molecular flexibility index (Phi) is 6.17. The molecule has 1 saturated heterocycles. The molecule has 1 aromatic carbocycles. The second-order valence-electron chi connectivity index (χ2n) is 7.47. The van der Waals surface area contributed by atoms with Crippen LogP contribution in [0, 0.1) is 12.8 Å². The van der Waals surface area contributed by atoms with Crippen molar-refractivity contribution in [3.8, 4) is 22.9 Å². The Morgan fingerprint density at radius 1 is 1.19 bits per heavy atom. The van der Waals surface area contributed by atoms with E-state index < -0.39 is 0 Å². The average molecular weight is 427 g/mol. The average Bonchev–Trinajstić information content (AvgIpc) is 3.42. The maximum Gasteiger partial charge on any atom is 0.241 e. The third-order valence-corrected chi connectivity index (χ3v) is 5.22. The largest absolute Gasteiger partial charge is 0.493 e. The monoisotopic (exact) mass is 427 g/mol. The topological polar surface area (TPSA) is 116 Å². The maximum absolute atomic E-state index is 12.6. The predicted octanol–water partition coefficient (Wildman–Crippen LogP) is 2.90. The fourth-order valence-electron chi connectivity index (χ4n) is 3.67. The highest BCUT2D eigenvalue weighted by atomic mass is 16.5. The number of rotatable bonds is 7. The number of piperidine rings is 1. The number of carbonyl (C=O) groups excluding carboxylic acids is 1. The highest BCUT2D eigenvalue weighted by Gasteiger charge is 2.27. The summed E-state index contributed by atoms with van der Waals surface area (Å²) in [5, 5.41) is 10.7. The predicted molar refractivity (Wildman–Crippen MR) is 111 cm³/mol. The minimum Gasteiger partial charge on any atom is -0.493 e. The molecule has 164 valence electrons. The van der Waals surface area contributed by atoms with Gasteiger partial charge in [-0.05, 0) is 44.5 Å². The number of ether oxygens (including phenoxy) is 2. The van der Waals surface area contributed by atoms with E-state index in [1.54, 1.807) is 39.3 Å². The summed E-state index contributed by atoms with van der Waals surface area (Å²) in [4.78, 5) is 19.2. The summed E-state index contributed by atoms with van der Waals surface area (Å²) in [6.07, 6.45) is 1.73. The summed E-state index contributed by atoms with van der Waals surface area (Å²) in [6, 6.07) is 7.16. The lowest BCUT2D eigenvalue weighted by molar-refractivity contribution is -0.121. The summed E-state index contributed by atoms with van der Waals surface area (Å²) >= 11 is 0. The third-order valence-electron chi connectivity index (χ3n) is 5.22. The van der Waals surface area contributed by atoms with Gasteiger partial charge in [-0.3, -0.25) is 9.69 Å². The van der Waals surface area contributed by atoms with E-state index in [1.165, 1.54) is 0 Å². The first-order valence-electron chi connectivity index (χ1n) is 10.1. The van der Waals surface area contributed by atoms with Crippen LogP contribution in [0.1, 0.15) is 24.5 Å². The molecule has 3 aromatic rings. The molecule has 0 bridgehead atoms. The molecule has 0 radical (unpaired) electrons. The molecule has 0 saturated carbocycles. The molecule has 3 heterocycles. The normalized spacial score (nSPS) is 16.8. The number of aryl methyl sites for hydroxylation is 1. The molecular weight excluding hydrogens is 402 g/mol. The lowest BCUT2D eigenvalue weighted by atomic mass is 9.97. The number of aromatic nitrogens is 3. The third kappa shape index (κ3) is 4.85. The number of carbonyl (C=O) groups is 1. The fraction of sp³-hybridized carbons (Fsp3) is 0.429. The Morgan fingerprint density at radius 2 is 2.03 bits per heavy atom. The van der Waals surface area contributed by atoms with Crippen LogP contribution < -0.4 is 14.8 Å². The Labute approximate surface area is 179 Å². The number of methoxy groups -OCH3 is 2. The van der Waals surface area contributed by atoms with E-state index in [1.807, 2.05) is 6.07 Å². The summed E-state index contributed by atoms with van der Waals surface area (Å²) in [5.41, 5.74) is 0.770. The van der Waals surface area contributed by atoms with Crippen molar-refractivity contribution in [2.45, 2.75) is 26.3 Å². The molecule has 4 rings (SSSR count). The lowest BCUT2D eigenvalue weighted by Crippen LogP contribution is -2.40. The number of hydrogen-bond donors (Lipinski definition) is 1. The minimum absolute atomic E-state index is 0.0606. The number of amides is 1. The first kappa shape index (κ1) is 20.9. The summed E-state index contributed by atoms with van der Waals surface area (Å²) in [5.74, 6) is 3.10. The van der Waals surface area contributed by atoms with Crippen molar-refractivity contribution in [2.24, 2.45) is 5.92 Å². The molecule has 2 aromatic heterocycles. The van der Waals surface area contributed by atoms with Gasteiger partial charge in [-0.2, -0.15) is 4.98 Å². The molecule has 1 amide bonds. The Hall–Kier alpha value is -3.40. The van der Waals surface area contributed by atoms with E-state index in [0.717, 1.165) is 24.9 Å². The van der Waals surface area contributed by atoms with Crippen LogP contribution in [0.4, 0.5) is 5.82 Å². The standard InChI is InChI=1S/C21H25N5O5/c1-13-9-18(24-30-13)22-21(27)15-5-4-8-26(11-15)12-19-23-20(25-31-19)14-6-7-16(28-2)17(10-14)29-3/h6-7,9-10,15H,4-5,8,11-12H2,1-3H3,(H,22,24,27)/t15-/m1/s1. The van der Waals surface area contributed by atoms with Gasteiger partial charge in [0.05, 0.1) is 26.7 Å². The first-order chi connectivity index (χ1) is 15.1. The number of nitrogens with zero attached hydrogens (tertiary/aromatic N) is 4. The van der Waals surface area contributed by atoms with Gasteiger partial charge in [0.2, 0.25) is 17.6 Å². The van der Waals surface area contributed by atoms with Crippen molar-refractivity contribution < 1.29 is 23.3 Å². The molecule has 1 atom stereocenters. The molecule has 10 heteroatoms. The minimum atomic E-state index is -0.140. The van der Waals surface area contributed by atoms with E-state index in [-0.39, 0.29) is 11.8 Å². The van der Waals surface area contributed by atoms with Crippen LogP contribution in [-0.2, 0) is 11.3 Å². The van der Waals surface area contributed by atoms with Crippen molar-refractivity contribution in [3.63, 3.8) is 0 Å². The van der Waals surface area contributed by atoms with Crippen LogP contribution >= 0.6 is 0 Å². The van der Waals surface area contributed by atoms with Crippen LogP contribution in [0.3, 0.4) is 0 Å². The van der Waals surface area contributed by atoms with Gasteiger partial charge in [0.15, 0.2) is 17.3 Å². The Balaban J connectivity index is 1.38. The zero-order valence-corrected chi connectivity index (χ0v) is 17.8. The molecule has 0 spiro atoms. The van der Waals surface area contributed by atoms with Crippen LogP contribution in [-0.4, -0.2) is 53.4 Å². The van der Waals surface area contributed by atoms with Crippen molar-refractivity contribution in [2.75, 3.05) is 32.6 Å². The molecule has 31 heavy (non-hydrogen) atoms. The van der Waals surface area contributed by atoms with Crippen molar-refractivity contribution >= 4 is 11.7 Å². The van der Waals surface area contributed by atoms with Gasteiger partial charge >= 0.3 is 0 Å². The molecule has 1 aliphatic heterocycles. The van der Waals surface area contributed by atoms with Gasteiger partial charge < -0.3 is 23.8 Å². The van der Waals surface area contributed by atoms with Crippen LogP contribution in [0.15, 0.2) is 33.3 Å². The lowest BCUT2D eigenvalue weighted by Gasteiger charge is -2.30. The molecule has 0 unspecified atom stereocenters. The Bertz CT molecular complexity index is 1050. The van der Waals surface area contributed by atoms with Gasteiger partial charge in [0.1, 0.15) is 5.76 Å². The number of hydrogen-bond acceptors (Lipinski definition) is 9. The van der Waals surface area contributed by atoms with Gasteiger partial charge in [-0.15, -0.1) is 0 Å². The highest BCUT2D eigenvalue weighted by Crippen LogP contribution is 2.31. The maximum atomic E-state index is 12.6. The van der Waals surface area contributed by atoms with E-state index in [2.05, 4.69) is 25.5 Å². The number of nitrogens with one attached hydrogen (secondary N) is 1. The Morgan fingerprint density at radius 3 is 2.77 bits per heavy atom. The zero-order chi connectivity index (χ0) is 21.8. The van der Waals surface area contributed by atoms with Gasteiger partial charge in [-0.25, -0.2) is 0 Å². The number of benzene rings is 1. The van der Waals surface area contributed by atoms with E-state index in [4.69, 9.17) is 18.5 Å². The second-order valence-corrected chi connectivity index (χ2v) is 7.47. The summed E-state index contributed by atoms with van der Waals surface area (Å²) in [7, 11) is 3.17. The van der Waals surface area contributed by atoms with Crippen molar-refractivity contribution in [1.82, 2.24) is 20.2 Å². The van der Waals surface area contributed by atoms with E-state index in [9.17, 15) is 4.79 Å². The van der Waals surface area contributed by atoms with Crippen LogP contribution in [0.2, 0.25) is 0 Å². The SMILES string of the molecule is COc1ccc(-c2noc(CN3CCC[C@@H](C(=O)Nc4cc(C)on4)C3)n2)cc1OC. The van der Waals surface area contributed by atoms with Gasteiger partial charge in [-0.1, -0.05) is 10.3 Å². The van der Waals surface area contributed by atoms with E-state index in [0.29, 0.717) is 47.9 Å². The number of likely N-dealkylation sites (tertiary alicyclic amines) is 1. The smallest absolute Gasteiger partial charge is 0.241 e. The van der Waals surface area contributed by atoms with Gasteiger partial charge in [0.25, 0.3) is 0 Å². The molecule has 0 aliphatic carbocycles. The van der Waals surface area contributed by atoms with Crippen LogP contribution in [0.5, 0.6) is 11.5 Å². The molecule has 10 nitrogen and oxygen atoms in total. The zero-order valence-electron chi connectivity index (χ0n) is 17.8.